The summed E-state index contributed by atoms with van der Waals surface area (Å²) in [7, 11) is 0. The lowest BCUT2D eigenvalue weighted by Crippen LogP contribution is -2.53. The molecule has 0 saturated carbocycles. The Balaban J connectivity index is 1.92. The zero-order valence-electron chi connectivity index (χ0n) is 15.9. The van der Waals surface area contributed by atoms with Crippen LogP contribution in [-0.4, -0.2) is 47.7 Å². The predicted molar refractivity (Wildman–Crippen MR) is 99.5 cm³/mol. The van der Waals surface area contributed by atoms with Crippen LogP contribution in [0.2, 0.25) is 0 Å². The minimum atomic E-state index is -0.593. The summed E-state index contributed by atoms with van der Waals surface area (Å²) in [6, 6.07) is 9.04. The van der Waals surface area contributed by atoms with Gasteiger partial charge in [-0.2, -0.15) is 0 Å². The van der Waals surface area contributed by atoms with Crippen molar-refractivity contribution < 1.29 is 19.4 Å². The van der Waals surface area contributed by atoms with Gasteiger partial charge in [0.1, 0.15) is 6.04 Å². The maximum absolute atomic E-state index is 12.8. The number of carbonyl (C=O) groups is 2. The van der Waals surface area contributed by atoms with E-state index in [4.69, 9.17) is 4.74 Å². The molecule has 1 aliphatic rings. The van der Waals surface area contributed by atoms with Crippen molar-refractivity contribution in [1.82, 2.24) is 10.2 Å². The van der Waals surface area contributed by atoms with Gasteiger partial charge < -0.3 is 20.1 Å². The lowest BCUT2D eigenvalue weighted by Gasteiger charge is -2.36. The second kappa shape index (κ2) is 9.57. The van der Waals surface area contributed by atoms with E-state index in [1.165, 1.54) is 0 Å². The summed E-state index contributed by atoms with van der Waals surface area (Å²) >= 11 is 0. The third kappa shape index (κ3) is 5.21. The second-order valence-corrected chi connectivity index (χ2v) is 7.10. The third-order valence-electron chi connectivity index (χ3n) is 4.92. The van der Waals surface area contributed by atoms with Gasteiger partial charge in [0.2, 0.25) is 5.91 Å². The van der Waals surface area contributed by atoms with E-state index < -0.39 is 18.2 Å². The summed E-state index contributed by atoms with van der Waals surface area (Å²) in [5.74, 6) is 0.0252. The maximum Gasteiger partial charge on any atom is 0.407 e. The van der Waals surface area contributed by atoms with Gasteiger partial charge in [0.25, 0.3) is 0 Å². The number of alkyl carbamates (subject to hydrolysis) is 1. The van der Waals surface area contributed by atoms with Gasteiger partial charge in [-0.1, -0.05) is 44.2 Å². The summed E-state index contributed by atoms with van der Waals surface area (Å²) in [5.41, 5.74) is 0.918. The van der Waals surface area contributed by atoms with Crippen LogP contribution in [0, 0.1) is 11.8 Å². The fourth-order valence-corrected chi connectivity index (χ4v) is 3.37. The molecule has 1 fully saturated rings. The molecular formula is C20H30N2O4. The van der Waals surface area contributed by atoms with Crippen molar-refractivity contribution in [3.05, 3.63) is 35.9 Å². The van der Waals surface area contributed by atoms with E-state index >= 15 is 0 Å². The van der Waals surface area contributed by atoms with Gasteiger partial charge in [-0.05, 0) is 37.2 Å². The zero-order valence-corrected chi connectivity index (χ0v) is 15.9. The Morgan fingerprint density at radius 3 is 2.38 bits per heavy atom. The highest BCUT2D eigenvalue weighted by Gasteiger charge is 2.33. The number of rotatable bonds is 6. The molecule has 0 radical (unpaired) electrons. The summed E-state index contributed by atoms with van der Waals surface area (Å²) in [4.78, 5) is 26.3. The number of nitrogens with zero attached hydrogens (tertiary/aromatic N) is 1. The van der Waals surface area contributed by atoms with E-state index in [2.05, 4.69) is 5.32 Å². The summed E-state index contributed by atoms with van der Waals surface area (Å²) in [6.07, 6.45) is 0.416. The summed E-state index contributed by atoms with van der Waals surface area (Å²) in [5, 5.41) is 13.2. The Morgan fingerprint density at radius 1 is 1.23 bits per heavy atom. The summed E-state index contributed by atoms with van der Waals surface area (Å²) in [6.45, 7) is 6.98. The lowest BCUT2D eigenvalue weighted by molar-refractivity contribution is -0.136. The molecule has 1 aliphatic heterocycles. The minimum Gasteiger partial charge on any atom is -0.450 e. The van der Waals surface area contributed by atoms with Crippen LogP contribution in [0.3, 0.4) is 0 Å². The third-order valence-corrected chi connectivity index (χ3v) is 4.92. The molecule has 6 nitrogen and oxygen atoms in total. The highest BCUT2D eigenvalue weighted by molar-refractivity contribution is 5.86. The molecule has 0 bridgehead atoms. The van der Waals surface area contributed by atoms with E-state index in [0.717, 1.165) is 18.4 Å². The van der Waals surface area contributed by atoms with Crippen molar-refractivity contribution in [2.45, 2.75) is 45.8 Å². The number of hydrogen-bond donors (Lipinski definition) is 2. The van der Waals surface area contributed by atoms with E-state index in [1.54, 1.807) is 11.8 Å². The molecule has 1 saturated heterocycles. The van der Waals surface area contributed by atoms with Crippen LogP contribution in [0.5, 0.6) is 0 Å². The monoisotopic (exact) mass is 362 g/mol. The first-order chi connectivity index (χ1) is 12.4. The lowest BCUT2D eigenvalue weighted by atomic mass is 9.87. The molecule has 1 aromatic carbocycles. The van der Waals surface area contributed by atoms with E-state index in [0.29, 0.717) is 13.1 Å². The van der Waals surface area contributed by atoms with E-state index in [1.807, 2.05) is 44.2 Å². The van der Waals surface area contributed by atoms with Crippen molar-refractivity contribution in [3.8, 4) is 0 Å². The fourth-order valence-electron chi connectivity index (χ4n) is 3.37. The second-order valence-electron chi connectivity index (χ2n) is 7.10. The number of amides is 2. The van der Waals surface area contributed by atoms with Crippen molar-refractivity contribution in [2.24, 2.45) is 11.8 Å². The molecule has 26 heavy (non-hydrogen) atoms. The molecule has 144 valence electrons. The molecule has 0 aliphatic carbocycles. The maximum atomic E-state index is 12.8. The number of piperidine rings is 1. The standard InChI is InChI=1S/C20H30N2O4/c1-4-26-20(25)21-17(14(2)3)19(24)22-12-10-16(11-13-22)18(23)15-8-6-5-7-9-15/h5-9,14,16-18,23H,4,10-13H2,1-3H3,(H,21,25). The Bertz CT molecular complexity index is 583. The topological polar surface area (TPSA) is 78.9 Å². The molecule has 2 rings (SSSR count). The first-order valence-electron chi connectivity index (χ1n) is 9.39. The smallest absolute Gasteiger partial charge is 0.407 e. The van der Waals surface area contributed by atoms with Crippen LogP contribution in [0.1, 0.15) is 45.3 Å². The van der Waals surface area contributed by atoms with Crippen LogP contribution in [0.4, 0.5) is 4.79 Å². The van der Waals surface area contributed by atoms with Gasteiger partial charge in [0, 0.05) is 13.1 Å². The fraction of sp³-hybridized carbons (Fsp3) is 0.600. The molecular weight excluding hydrogens is 332 g/mol. The van der Waals surface area contributed by atoms with Gasteiger partial charge in [0.05, 0.1) is 12.7 Å². The Hall–Kier alpha value is -2.08. The number of aliphatic hydroxyl groups excluding tert-OH is 1. The highest BCUT2D eigenvalue weighted by atomic mass is 16.5. The van der Waals surface area contributed by atoms with Crippen LogP contribution < -0.4 is 5.32 Å². The SMILES string of the molecule is CCOC(=O)NC(C(=O)N1CCC(C(O)c2ccccc2)CC1)C(C)C. The largest absolute Gasteiger partial charge is 0.450 e. The average Bonchev–Trinajstić information content (AvgIpc) is 2.66. The molecule has 2 atom stereocenters. The highest BCUT2D eigenvalue weighted by Crippen LogP contribution is 2.31. The molecule has 0 aromatic heterocycles. The number of benzene rings is 1. The van der Waals surface area contributed by atoms with Gasteiger partial charge in [-0.25, -0.2) is 4.79 Å². The molecule has 2 amide bonds. The van der Waals surface area contributed by atoms with Gasteiger partial charge in [0.15, 0.2) is 0 Å². The Kier molecular flexibility index (Phi) is 7.45. The first kappa shape index (κ1) is 20.2. The first-order valence-corrected chi connectivity index (χ1v) is 9.39. The minimum absolute atomic E-state index is 0.0282. The van der Waals surface area contributed by atoms with Gasteiger partial charge in [-0.3, -0.25) is 4.79 Å². The van der Waals surface area contributed by atoms with Crippen molar-refractivity contribution in [3.63, 3.8) is 0 Å². The average molecular weight is 362 g/mol. The molecule has 6 heteroatoms. The number of nitrogens with one attached hydrogen (secondary N) is 1. The van der Waals surface area contributed by atoms with Crippen LogP contribution in [-0.2, 0) is 9.53 Å². The normalized spacial score (nSPS) is 17.7. The van der Waals surface area contributed by atoms with Crippen molar-refractivity contribution >= 4 is 12.0 Å². The molecule has 0 spiro atoms. The van der Waals surface area contributed by atoms with Gasteiger partial charge >= 0.3 is 6.09 Å². The van der Waals surface area contributed by atoms with Crippen molar-refractivity contribution in [2.75, 3.05) is 19.7 Å². The number of hydrogen-bond acceptors (Lipinski definition) is 4. The van der Waals surface area contributed by atoms with Gasteiger partial charge in [-0.15, -0.1) is 0 Å². The number of likely N-dealkylation sites (tertiary alicyclic amines) is 1. The zero-order chi connectivity index (χ0) is 19.1. The molecule has 1 aromatic rings. The predicted octanol–water partition coefficient (Wildman–Crippen LogP) is 2.73. The number of ether oxygens (including phenoxy) is 1. The number of carbonyl (C=O) groups excluding carboxylic acids is 2. The number of aliphatic hydroxyl groups is 1. The Morgan fingerprint density at radius 2 is 1.85 bits per heavy atom. The molecule has 1 heterocycles. The van der Waals surface area contributed by atoms with E-state index in [9.17, 15) is 14.7 Å². The molecule has 2 N–H and O–H groups in total. The van der Waals surface area contributed by atoms with E-state index in [-0.39, 0.29) is 24.3 Å². The van der Waals surface area contributed by atoms with Crippen LogP contribution in [0.15, 0.2) is 30.3 Å². The van der Waals surface area contributed by atoms with Crippen LogP contribution in [0.25, 0.3) is 0 Å². The van der Waals surface area contributed by atoms with Crippen molar-refractivity contribution in [1.29, 1.82) is 0 Å². The van der Waals surface area contributed by atoms with Crippen LogP contribution >= 0.6 is 0 Å². The quantitative estimate of drug-likeness (QED) is 0.816. The Labute approximate surface area is 155 Å². The molecule has 2 unspecified atom stereocenters. The summed E-state index contributed by atoms with van der Waals surface area (Å²) < 4.78 is 4.90.